The van der Waals surface area contributed by atoms with Crippen LogP contribution in [0.2, 0.25) is 0 Å². The molecule has 0 unspecified atom stereocenters. The van der Waals surface area contributed by atoms with Gasteiger partial charge in [0, 0.05) is 27.5 Å². The summed E-state index contributed by atoms with van der Waals surface area (Å²) >= 11 is 0. The SMILES string of the molecule is [C-]#[N+]c1ccc2c(c1)c1ccccc1n2-c1cccc(-c2cccc3c2c2ccccc2n3-c2cccc(-c3ccccc3C#N)c2)c1. The number of nitriles is 1. The van der Waals surface area contributed by atoms with Crippen molar-refractivity contribution in [2.75, 3.05) is 0 Å². The Balaban J connectivity index is 1.26. The minimum absolute atomic E-state index is 0.641. The molecule has 0 N–H and O–H groups in total. The Hall–Kier alpha value is -6.88. The van der Waals surface area contributed by atoms with Crippen LogP contribution >= 0.6 is 0 Å². The monoisotopic (exact) mass is 610 g/mol. The lowest BCUT2D eigenvalue weighted by molar-refractivity contribution is 1.18. The van der Waals surface area contributed by atoms with Crippen molar-refractivity contribution < 1.29 is 0 Å². The molecule has 0 aliphatic rings. The normalized spacial score (nSPS) is 11.3. The maximum Gasteiger partial charge on any atom is 0.188 e. The van der Waals surface area contributed by atoms with Crippen molar-refractivity contribution in [2.24, 2.45) is 0 Å². The zero-order valence-corrected chi connectivity index (χ0v) is 25.8. The van der Waals surface area contributed by atoms with Gasteiger partial charge < -0.3 is 9.13 Å². The molecule has 4 nitrogen and oxygen atoms in total. The Bertz CT molecular complexity index is 2820. The topological polar surface area (TPSA) is 38.0 Å². The summed E-state index contributed by atoms with van der Waals surface area (Å²) in [6.07, 6.45) is 0. The average Bonchev–Trinajstić information content (AvgIpc) is 3.67. The first-order valence-corrected chi connectivity index (χ1v) is 15.9. The van der Waals surface area contributed by atoms with Gasteiger partial charge in [0.15, 0.2) is 5.69 Å². The summed E-state index contributed by atoms with van der Waals surface area (Å²) in [4.78, 5) is 3.69. The fourth-order valence-electron chi connectivity index (χ4n) is 7.30. The molecule has 222 valence electrons. The van der Waals surface area contributed by atoms with Gasteiger partial charge in [0.1, 0.15) is 0 Å². The summed E-state index contributed by atoms with van der Waals surface area (Å²) in [7, 11) is 0. The van der Waals surface area contributed by atoms with E-state index in [0.29, 0.717) is 11.3 Å². The Morgan fingerprint density at radius 2 is 1.04 bits per heavy atom. The predicted octanol–water partition coefficient (Wildman–Crippen LogP) is 11.6. The number of hydrogen-bond acceptors (Lipinski definition) is 1. The molecule has 0 saturated carbocycles. The van der Waals surface area contributed by atoms with E-state index in [1.807, 2.05) is 36.4 Å². The molecule has 0 atom stereocenters. The summed E-state index contributed by atoms with van der Waals surface area (Å²) in [5, 5.41) is 14.4. The second-order valence-electron chi connectivity index (χ2n) is 12.0. The maximum atomic E-state index is 9.79. The number of hydrogen-bond donors (Lipinski definition) is 0. The molecule has 0 saturated heterocycles. The standard InChI is InChI=1S/C44H26N4/c1-46-32-23-24-42-39(27-32)37-17-4-6-20-40(37)47(42)33-14-9-13-30(26-33)36-19-10-22-43-44(36)38-18-5-7-21-41(38)48(43)34-15-8-12-29(25-34)35-16-3-2-11-31(35)28-45/h2-27H. The van der Waals surface area contributed by atoms with Crippen LogP contribution in [0.1, 0.15) is 5.56 Å². The quantitative estimate of drug-likeness (QED) is 0.183. The Morgan fingerprint density at radius 3 is 1.79 bits per heavy atom. The second kappa shape index (κ2) is 10.9. The van der Waals surface area contributed by atoms with Crippen molar-refractivity contribution in [2.45, 2.75) is 0 Å². The number of nitrogens with zero attached hydrogens (tertiary/aromatic N) is 4. The van der Waals surface area contributed by atoms with Crippen LogP contribution in [0.25, 0.3) is 82.1 Å². The molecule has 0 spiro atoms. The number of rotatable bonds is 4. The largest absolute Gasteiger partial charge is 0.309 e. The molecule has 0 fully saturated rings. The van der Waals surface area contributed by atoms with E-state index in [0.717, 1.165) is 66.5 Å². The molecule has 0 bridgehead atoms. The van der Waals surface area contributed by atoms with Crippen molar-refractivity contribution >= 4 is 49.3 Å². The van der Waals surface area contributed by atoms with Crippen LogP contribution < -0.4 is 0 Å². The van der Waals surface area contributed by atoms with E-state index in [1.54, 1.807) is 0 Å². The lowest BCUT2D eigenvalue weighted by Gasteiger charge is -2.12. The van der Waals surface area contributed by atoms with Gasteiger partial charge in [-0.15, -0.1) is 0 Å². The highest BCUT2D eigenvalue weighted by molar-refractivity contribution is 6.16. The molecular formula is C44H26N4. The van der Waals surface area contributed by atoms with Gasteiger partial charge in [-0.3, -0.25) is 0 Å². The number of para-hydroxylation sites is 2. The fraction of sp³-hybridized carbons (Fsp3) is 0. The van der Waals surface area contributed by atoms with Gasteiger partial charge in [0.25, 0.3) is 0 Å². The van der Waals surface area contributed by atoms with Gasteiger partial charge >= 0.3 is 0 Å². The molecule has 2 aromatic heterocycles. The molecule has 4 heteroatoms. The van der Waals surface area contributed by atoms with Gasteiger partial charge in [-0.1, -0.05) is 97.1 Å². The molecule has 9 aromatic rings. The highest BCUT2D eigenvalue weighted by Crippen LogP contribution is 2.41. The first-order chi connectivity index (χ1) is 23.7. The van der Waals surface area contributed by atoms with E-state index >= 15 is 0 Å². The minimum Gasteiger partial charge on any atom is -0.309 e. The van der Waals surface area contributed by atoms with Crippen molar-refractivity contribution in [3.63, 3.8) is 0 Å². The van der Waals surface area contributed by atoms with E-state index in [1.165, 1.54) is 10.8 Å². The Morgan fingerprint density at radius 1 is 0.479 bits per heavy atom. The van der Waals surface area contributed by atoms with Crippen molar-refractivity contribution in [1.29, 1.82) is 5.26 Å². The zero-order valence-electron chi connectivity index (χ0n) is 25.8. The lowest BCUT2D eigenvalue weighted by Crippen LogP contribution is -1.95. The van der Waals surface area contributed by atoms with Crippen LogP contribution in [0.5, 0.6) is 0 Å². The number of benzene rings is 7. The number of aromatic nitrogens is 2. The molecule has 0 aliphatic heterocycles. The maximum absolute atomic E-state index is 9.79. The lowest BCUT2D eigenvalue weighted by atomic mass is 9.99. The van der Waals surface area contributed by atoms with Crippen LogP contribution in [0.3, 0.4) is 0 Å². The molecule has 48 heavy (non-hydrogen) atoms. The van der Waals surface area contributed by atoms with Crippen LogP contribution in [0.15, 0.2) is 158 Å². The third kappa shape index (κ3) is 4.14. The van der Waals surface area contributed by atoms with E-state index in [-0.39, 0.29) is 0 Å². The molecule has 7 aromatic carbocycles. The van der Waals surface area contributed by atoms with Crippen LogP contribution in [-0.4, -0.2) is 9.13 Å². The molecular weight excluding hydrogens is 585 g/mol. The second-order valence-corrected chi connectivity index (χ2v) is 12.0. The molecule has 0 radical (unpaired) electrons. The predicted molar refractivity (Wildman–Crippen MR) is 197 cm³/mol. The summed E-state index contributed by atoms with van der Waals surface area (Å²) in [5.41, 5.74) is 12.1. The van der Waals surface area contributed by atoms with E-state index < -0.39 is 0 Å². The van der Waals surface area contributed by atoms with E-state index in [9.17, 15) is 5.26 Å². The Labute approximate surface area is 277 Å². The van der Waals surface area contributed by atoms with Crippen LogP contribution in [0, 0.1) is 17.9 Å². The Kier molecular flexibility index (Phi) is 6.22. The molecule has 0 amide bonds. The summed E-state index contributed by atoms with van der Waals surface area (Å²) in [6.45, 7) is 7.57. The van der Waals surface area contributed by atoms with Crippen molar-refractivity contribution in [3.05, 3.63) is 175 Å². The summed E-state index contributed by atoms with van der Waals surface area (Å²) in [5.74, 6) is 0. The first kappa shape index (κ1) is 27.4. The summed E-state index contributed by atoms with van der Waals surface area (Å²) in [6, 6.07) is 56.8. The van der Waals surface area contributed by atoms with E-state index in [4.69, 9.17) is 6.57 Å². The smallest absolute Gasteiger partial charge is 0.188 e. The molecule has 2 heterocycles. The summed E-state index contributed by atoms with van der Waals surface area (Å²) < 4.78 is 4.63. The van der Waals surface area contributed by atoms with Gasteiger partial charge in [-0.2, -0.15) is 5.26 Å². The van der Waals surface area contributed by atoms with Gasteiger partial charge in [0.2, 0.25) is 0 Å². The first-order valence-electron chi connectivity index (χ1n) is 15.9. The number of fused-ring (bicyclic) bond motifs is 6. The highest BCUT2D eigenvalue weighted by Gasteiger charge is 2.18. The van der Waals surface area contributed by atoms with Crippen LogP contribution in [0.4, 0.5) is 5.69 Å². The highest BCUT2D eigenvalue weighted by atomic mass is 15.0. The fourth-order valence-corrected chi connectivity index (χ4v) is 7.30. The van der Waals surface area contributed by atoms with Gasteiger partial charge in [-0.05, 0) is 88.3 Å². The van der Waals surface area contributed by atoms with Crippen molar-refractivity contribution in [3.8, 4) is 39.7 Å². The van der Waals surface area contributed by atoms with Gasteiger partial charge in [0.05, 0.1) is 40.3 Å². The van der Waals surface area contributed by atoms with E-state index in [2.05, 4.69) is 141 Å². The minimum atomic E-state index is 0.641. The van der Waals surface area contributed by atoms with Crippen LogP contribution in [-0.2, 0) is 0 Å². The average molecular weight is 611 g/mol. The molecule has 0 aliphatic carbocycles. The van der Waals surface area contributed by atoms with Crippen molar-refractivity contribution in [1.82, 2.24) is 9.13 Å². The van der Waals surface area contributed by atoms with Gasteiger partial charge in [-0.25, -0.2) is 4.85 Å². The third-order valence-corrected chi connectivity index (χ3v) is 9.36. The zero-order chi connectivity index (χ0) is 32.2. The molecule has 9 rings (SSSR count). The third-order valence-electron chi connectivity index (χ3n) is 9.36.